The van der Waals surface area contributed by atoms with Crippen LogP contribution in [0.25, 0.3) is 0 Å². The van der Waals surface area contributed by atoms with Gasteiger partial charge >= 0.3 is 6.03 Å². The number of piperidine rings is 1. The molecule has 4 unspecified atom stereocenters. The first-order chi connectivity index (χ1) is 20.6. The van der Waals surface area contributed by atoms with Gasteiger partial charge < -0.3 is 32.5 Å². The molecule has 3 fully saturated rings. The van der Waals surface area contributed by atoms with E-state index in [2.05, 4.69) is 41.9 Å². The summed E-state index contributed by atoms with van der Waals surface area (Å²) in [6.07, 6.45) is 6.63. The number of amides is 4. The highest BCUT2D eigenvalue weighted by atomic mass is 35.5. The summed E-state index contributed by atoms with van der Waals surface area (Å²) in [6, 6.07) is -1.21. The largest absolute Gasteiger partial charge is 0.358 e. The van der Waals surface area contributed by atoms with Crippen molar-refractivity contribution in [1.82, 2.24) is 41.1 Å². The van der Waals surface area contributed by atoms with Gasteiger partial charge in [-0.1, -0.05) is 34.2 Å². The van der Waals surface area contributed by atoms with Crippen LogP contribution in [0.15, 0.2) is 55.6 Å². The SMILES string of the molecule is NN=NC1=C(Cl)NC(C(=O)NC2NC3(CCN(C(=O)CC4C=CC(N5CCN(N)C5=O)=CC4)CC3)CN2N)C(N=NN)N1. The molecule has 4 amide bonds. The number of carbonyl (C=O) groups excluding carboxylic acids is 3. The lowest BCUT2D eigenvalue weighted by Gasteiger charge is -2.39. The fraction of sp³-hybridized carbons (Fsp3) is 0.609. The minimum Gasteiger partial charge on any atom is -0.358 e. The lowest BCUT2D eigenvalue weighted by molar-refractivity contribution is -0.133. The number of allylic oxidation sites excluding steroid dienone is 3. The minimum atomic E-state index is -0.992. The smallest absolute Gasteiger partial charge is 0.338 e. The zero-order chi connectivity index (χ0) is 30.7. The van der Waals surface area contributed by atoms with E-state index < -0.39 is 24.4 Å². The molecule has 43 heavy (non-hydrogen) atoms. The molecule has 20 heteroatoms. The Morgan fingerprint density at radius 2 is 1.88 bits per heavy atom. The van der Waals surface area contributed by atoms with Gasteiger partial charge in [-0.3, -0.25) is 30.7 Å². The minimum absolute atomic E-state index is 0.0140. The maximum absolute atomic E-state index is 13.2. The monoisotopic (exact) mass is 620 g/mol. The molecule has 5 aliphatic rings. The second kappa shape index (κ2) is 12.7. The normalized spacial score (nSPS) is 29.5. The van der Waals surface area contributed by atoms with Gasteiger partial charge in [0, 0.05) is 43.8 Å². The summed E-state index contributed by atoms with van der Waals surface area (Å²) in [4.78, 5) is 42.0. The summed E-state index contributed by atoms with van der Waals surface area (Å²) in [5.74, 6) is 22.0. The van der Waals surface area contributed by atoms with Crippen molar-refractivity contribution in [1.29, 1.82) is 0 Å². The number of carbonyl (C=O) groups is 3. The standard InChI is InChI=1S/C23H37ClN16O3/c24-17-19(34-36-26)30-18(33-35-25)16(29-17)20(42)31-21-32-23(12-40(21)28)5-7-37(8-6-23)15(41)11-13-1-3-14(4-2-13)38-9-10-39(27)22(38)43/h1,3-4,13,16,18,21,29-30,32H,2,5-12,27-28H2,(H2,25,33)(H2,26,34)(H,31,42). The summed E-state index contributed by atoms with van der Waals surface area (Å²) >= 11 is 6.18. The highest BCUT2D eigenvalue weighted by molar-refractivity contribution is 6.29. The van der Waals surface area contributed by atoms with Crippen LogP contribution in [0.5, 0.6) is 0 Å². The highest BCUT2D eigenvalue weighted by Gasteiger charge is 2.46. The van der Waals surface area contributed by atoms with E-state index in [4.69, 9.17) is 35.0 Å². The molecule has 0 bridgehead atoms. The van der Waals surface area contributed by atoms with Crippen LogP contribution in [-0.4, -0.2) is 94.4 Å². The van der Waals surface area contributed by atoms with Crippen molar-refractivity contribution >= 4 is 29.4 Å². The second-order valence-electron chi connectivity index (χ2n) is 11.0. The molecular formula is C23H37ClN16O3. The maximum atomic E-state index is 13.2. The fourth-order valence-electron chi connectivity index (χ4n) is 5.92. The third-order valence-electron chi connectivity index (χ3n) is 8.29. The quantitative estimate of drug-likeness (QED) is 0.0501. The lowest BCUT2D eigenvalue weighted by Crippen LogP contribution is -2.63. The van der Waals surface area contributed by atoms with Crippen LogP contribution in [0, 0.1) is 5.92 Å². The molecule has 1 spiro atoms. The van der Waals surface area contributed by atoms with Gasteiger partial charge in [-0.05, 0) is 31.3 Å². The van der Waals surface area contributed by atoms with Gasteiger partial charge in [0.25, 0.3) is 0 Å². The van der Waals surface area contributed by atoms with Crippen molar-refractivity contribution in [2.45, 2.75) is 49.7 Å². The Morgan fingerprint density at radius 3 is 2.51 bits per heavy atom. The van der Waals surface area contributed by atoms with Crippen molar-refractivity contribution in [3.63, 3.8) is 0 Å². The van der Waals surface area contributed by atoms with Gasteiger partial charge in [-0.25, -0.2) is 15.6 Å². The van der Waals surface area contributed by atoms with Crippen LogP contribution in [0.1, 0.15) is 25.7 Å². The highest BCUT2D eigenvalue weighted by Crippen LogP contribution is 2.30. The predicted octanol–water partition coefficient (Wildman–Crippen LogP) is -2.11. The first kappa shape index (κ1) is 30.4. The number of hydrogen-bond acceptors (Lipinski definition) is 13. The van der Waals surface area contributed by atoms with Crippen molar-refractivity contribution in [3.8, 4) is 0 Å². The Labute approximate surface area is 252 Å². The Bertz CT molecular complexity index is 1260. The summed E-state index contributed by atoms with van der Waals surface area (Å²) in [5, 5.41) is 28.6. The summed E-state index contributed by atoms with van der Waals surface area (Å²) in [7, 11) is 0. The number of nitrogens with zero attached hydrogens (tertiary/aromatic N) is 8. The van der Waals surface area contributed by atoms with E-state index in [1.165, 1.54) is 10.0 Å². The third-order valence-corrected chi connectivity index (χ3v) is 8.58. The van der Waals surface area contributed by atoms with E-state index >= 15 is 0 Å². The van der Waals surface area contributed by atoms with Crippen LogP contribution < -0.4 is 44.6 Å². The summed E-state index contributed by atoms with van der Waals surface area (Å²) < 4.78 is 0. The molecule has 0 aromatic rings. The molecule has 3 saturated heterocycles. The van der Waals surface area contributed by atoms with Gasteiger partial charge in [0.1, 0.15) is 17.5 Å². The zero-order valence-corrected chi connectivity index (χ0v) is 24.2. The average Bonchev–Trinajstić information content (AvgIpc) is 3.48. The molecule has 4 aliphatic heterocycles. The average molecular weight is 621 g/mol. The Kier molecular flexibility index (Phi) is 8.97. The van der Waals surface area contributed by atoms with Crippen molar-refractivity contribution in [2.75, 3.05) is 32.7 Å². The van der Waals surface area contributed by atoms with Crippen LogP contribution in [-0.2, 0) is 9.59 Å². The third kappa shape index (κ3) is 6.49. The first-order valence-corrected chi connectivity index (χ1v) is 14.2. The summed E-state index contributed by atoms with van der Waals surface area (Å²) in [6.45, 7) is 2.61. The second-order valence-corrected chi connectivity index (χ2v) is 11.4. The molecule has 1 aliphatic carbocycles. The number of likely N-dealkylation sites (tertiary alicyclic amines) is 1. The molecule has 0 radical (unpaired) electrons. The molecular weight excluding hydrogens is 584 g/mol. The maximum Gasteiger partial charge on any atom is 0.338 e. The van der Waals surface area contributed by atoms with Crippen LogP contribution in [0.2, 0.25) is 0 Å². The molecule has 12 N–H and O–H groups in total. The Hall–Kier alpha value is -4.04. The molecule has 4 heterocycles. The van der Waals surface area contributed by atoms with E-state index in [0.717, 1.165) is 5.70 Å². The molecule has 0 aromatic heterocycles. The number of halogens is 1. The number of urea groups is 1. The Balaban J connectivity index is 1.11. The molecule has 234 valence electrons. The molecule has 19 nitrogen and oxygen atoms in total. The number of hydrazine groups is 2. The number of rotatable bonds is 7. The van der Waals surface area contributed by atoms with Crippen LogP contribution in [0.4, 0.5) is 4.79 Å². The number of nitrogens with two attached hydrogens (primary N) is 4. The number of nitrogens with one attached hydrogen (secondary N) is 4. The topological polar surface area (TPSA) is 266 Å². The van der Waals surface area contributed by atoms with Gasteiger partial charge in [0.2, 0.25) is 11.8 Å². The van der Waals surface area contributed by atoms with Gasteiger partial charge in [0.15, 0.2) is 12.0 Å². The van der Waals surface area contributed by atoms with Crippen LogP contribution >= 0.6 is 11.6 Å². The van der Waals surface area contributed by atoms with E-state index in [9.17, 15) is 14.4 Å². The van der Waals surface area contributed by atoms with Crippen molar-refractivity contribution in [2.24, 2.45) is 50.0 Å². The molecule has 5 rings (SSSR count). The molecule has 0 aromatic carbocycles. The fourth-order valence-corrected chi connectivity index (χ4v) is 6.13. The van der Waals surface area contributed by atoms with E-state index in [1.54, 1.807) is 4.90 Å². The van der Waals surface area contributed by atoms with Gasteiger partial charge in [-0.15, -0.1) is 10.2 Å². The van der Waals surface area contributed by atoms with E-state index in [0.29, 0.717) is 58.4 Å². The Morgan fingerprint density at radius 1 is 1.12 bits per heavy atom. The first-order valence-electron chi connectivity index (χ1n) is 13.9. The van der Waals surface area contributed by atoms with Gasteiger partial charge in [0.05, 0.1) is 6.54 Å². The van der Waals surface area contributed by atoms with Gasteiger partial charge in [-0.2, -0.15) is 0 Å². The molecule has 0 saturated carbocycles. The predicted molar refractivity (Wildman–Crippen MR) is 152 cm³/mol. The van der Waals surface area contributed by atoms with Crippen molar-refractivity contribution in [3.05, 3.63) is 34.9 Å². The molecule has 4 atom stereocenters. The van der Waals surface area contributed by atoms with Crippen LogP contribution in [0.3, 0.4) is 0 Å². The lowest BCUT2D eigenvalue weighted by atomic mass is 9.87. The van der Waals surface area contributed by atoms with Crippen molar-refractivity contribution < 1.29 is 14.4 Å². The van der Waals surface area contributed by atoms with E-state index in [-0.39, 0.29) is 34.4 Å². The van der Waals surface area contributed by atoms with E-state index in [1.807, 2.05) is 23.1 Å². The summed E-state index contributed by atoms with van der Waals surface area (Å²) in [5.41, 5.74) is 0.435. The zero-order valence-electron chi connectivity index (χ0n) is 23.4. The number of hydrogen-bond donors (Lipinski definition) is 8.